The number of aromatic nitrogens is 3. The maximum absolute atomic E-state index is 12.3. The van der Waals surface area contributed by atoms with E-state index in [9.17, 15) is 4.79 Å². The Kier molecular flexibility index (Phi) is 5.72. The van der Waals surface area contributed by atoms with Crippen LogP contribution in [0.4, 0.5) is 0 Å². The third-order valence-corrected chi connectivity index (χ3v) is 5.03. The van der Waals surface area contributed by atoms with Gasteiger partial charge in [-0.2, -0.15) is 0 Å². The number of hydrogen-bond acceptors (Lipinski definition) is 6. The molecule has 0 saturated carbocycles. The van der Waals surface area contributed by atoms with Crippen LogP contribution in [-0.2, 0) is 13.1 Å². The molecule has 1 aliphatic heterocycles. The van der Waals surface area contributed by atoms with Crippen molar-refractivity contribution < 1.29 is 9.32 Å². The summed E-state index contributed by atoms with van der Waals surface area (Å²) < 4.78 is 5.28. The molecule has 0 bridgehead atoms. The summed E-state index contributed by atoms with van der Waals surface area (Å²) >= 11 is 0. The van der Waals surface area contributed by atoms with Gasteiger partial charge in [-0.1, -0.05) is 17.3 Å². The van der Waals surface area contributed by atoms with E-state index in [0.29, 0.717) is 12.5 Å². The summed E-state index contributed by atoms with van der Waals surface area (Å²) in [6.07, 6.45) is 5.52. The molecule has 7 nitrogen and oxygen atoms in total. The minimum Gasteiger partial charge on any atom is -0.351 e. The predicted molar refractivity (Wildman–Crippen MR) is 103 cm³/mol. The van der Waals surface area contributed by atoms with E-state index in [1.165, 1.54) is 0 Å². The Morgan fingerprint density at radius 3 is 2.46 bits per heavy atom. The zero-order chi connectivity index (χ0) is 19.2. The highest BCUT2D eigenvalue weighted by Gasteiger charge is 2.24. The van der Waals surface area contributed by atoms with Crippen LogP contribution in [0.3, 0.4) is 0 Å². The number of piperidine rings is 1. The number of nitrogens with one attached hydrogen (secondary N) is 1. The average molecular weight is 377 g/mol. The minimum atomic E-state index is -0.267. The van der Waals surface area contributed by atoms with Gasteiger partial charge in [-0.3, -0.25) is 19.7 Å². The van der Waals surface area contributed by atoms with Crippen molar-refractivity contribution in [3.05, 3.63) is 77.7 Å². The Labute approximate surface area is 163 Å². The summed E-state index contributed by atoms with van der Waals surface area (Å²) in [4.78, 5) is 23.3. The molecule has 1 amide bonds. The summed E-state index contributed by atoms with van der Waals surface area (Å²) in [6.45, 7) is 3.19. The van der Waals surface area contributed by atoms with Crippen molar-refractivity contribution in [1.82, 2.24) is 25.3 Å². The minimum absolute atomic E-state index is 0.252. The maximum atomic E-state index is 12.3. The van der Waals surface area contributed by atoms with Gasteiger partial charge in [0.15, 0.2) is 0 Å². The zero-order valence-corrected chi connectivity index (χ0v) is 15.6. The van der Waals surface area contributed by atoms with E-state index in [2.05, 4.69) is 31.4 Å². The van der Waals surface area contributed by atoms with Crippen molar-refractivity contribution in [2.45, 2.75) is 31.8 Å². The molecule has 28 heavy (non-hydrogen) atoms. The molecule has 4 heterocycles. The number of nitrogens with zero attached hydrogens (tertiary/aromatic N) is 4. The zero-order valence-electron chi connectivity index (χ0n) is 15.6. The molecule has 0 atom stereocenters. The van der Waals surface area contributed by atoms with Crippen molar-refractivity contribution in [2.75, 3.05) is 13.1 Å². The number of carbonyl (C=O) groups is 1. The summed E-state index contributed by atoms with van der Waals surface area (Å²) in [5.74, 6) is 0.305. The SMILES string of the molecule is O=C(NCc1ccccn1)c1cc(C2CCN(Cc3ccccn3)CC2)no1. The lowest BCUT2D eigenvalue weighted by atomic mass is 9.93. The van der Waals surface area contributed by atoms with Gasteiger partial charge in [-0.05, 0) is 50.2 Å². The highest BCUT2D eigenvalue weighted by atomic mass is 16.5. The first kappa shape index (κ1) is 18.3. The third-order valence-electron chi connectivity index (χ3n) is 5.03. The second-order valence-corrected chi connectivity index (χ2v) is 6.99. The Morgan fingerprint density at radius 2 is 1.79 bits per heavy atom. The second kappa shape index (κ2) is 8.75. The van der Waals surface area contributed by atoms with Crippen LogP contribution in [0, 0.1) is 0 Å². The lowest BCUT2D eigenvalue weighted by Gasteiger charge is -2.30. The number of likely N-dealkylation sites (tertiary alicyclic amines) is 1. The number of amides is 1. The maximum Gasteiger partial charge on any atom is 0.290 e. The van der Waals surface area contributed by atoms with E-state index in [-0.39, 0.29) is 11.7 Å². The first-order valence-electron chi connectivity index (χ1n) is 9.55. The molecular formula is C21H23N5O2. The molecule has 144 valence electrons. The molecule has 0 spiro atoms. The molecule has 0 unspecified atom stereocenters. The molecular weight excluding hydrogens is 354 g/mol. The summed E-state index contributed by atoms with van der Waals surface area (Å²) in [6, 6.07) is 13.4. The van der Waals surface area contributed by atoms with E-state index in [4.69, 9.17) is 4.52 Å². The number of hydrogen-bond donors (Lipinski definition) is 1. The first-order valence-corrected chi connectivity index (χ1v) is 9.55. The van der Waals surface area contributed by atoms with E-state index in [1.54, 1.807) is 12.3 Å². The van der Waals surface area contributed by atoms with Gasteiger partial charge in [0.1, 0.15) is 0 Å². The fourth-order valence-corrected chi connectivity index (χ4v) is 3.46. The number of carbonyl (C=O) groups excluding carboxylic acids is 1. The monoisotopic (exact) mass is 377 g/mol. The third kappa shape index (κ3) is 4.61. The van der Waals surface area contributed by atoms with Crippen LogP contribution in [-0.4, -0.2) is 39.0 Å². The summed E-state index contributed by atoms with van der Waals surface area (Å²) in [5, 5.41) is 6.96. The molecule has 1 fully saturated rings. The molecule has 7 heteroatoms. The van der Waals surface area contributed by atoms with Crippen LogP contribution in [0.25, 0.3) is 0 Å². The van der Waals surface area contributed by atoms with Crippen molar-refractivity contribution in [3.63, 3.8) is 0 Å². The number of pyridine rings is 2. The van der Waals surface area contributed by atoms with E-state index in [1.807, 2.05) is 36.5 Å². The number of rotatable bonds is 6. The van der Waals surface area contributed by atoms with Crippen molar-refractivity contribution >= 4 is 5.91 Å². The van der Waals surface area contributed by atoms with Crippen molar-refractivity contribution in [1.29, 1.82) is 0 Å². The second-order valence-electron chi connectivity index (χ2n) is 6.99. The smallest absolute Gasteiger partial charge is 0.290 e. The van der Waals surface area contributed by atoms with Gasteiger partial charge in [0.05, 0.1) is 23.6 Å². The van der Waals surface area contributed by atoms with Gasteiger partial charge in [0, 0.05) is 30.9 Å². The molecule has 1 aliphatic rings. The topological polar surface area (TPSA) is 84.2 Å². The Morgan fingerprint density at radius 1 is 1.07 bits per heavy atom. The summed E-state index contributed by atoms with van der Waals surface area (Å²) in [7, 11) is 0. The van der Waals surface area contributed by atoms with Gasteiger partial charge in [0.25, 0.3) is 5.91 Å². The Balaban J connectivity index is 1.28. The Hall–Kier alpha value is -3.06. The molecule has 3 aromatic heterocycles. The molecule has 0 radical (unpaired) electrons. The van der Waals surface area contributed by atoms with Gasteiger partial charge in [-0.25, -0.2) is 0 Å². The lowest BCUT2D eigenvalue weighted by molar-refractivity contribution is 0.0913. The molecule has 4 rings (SSSR count). The van der Waals surface area contributed by atoms with Gasteiger partial charge >= 0.3 is 0 Å². The fourth-order valence-electron chi connectivity index (χ4n) is 3.46. The quantitative estimate of drug-likeness (QED) is 0.711. The van der Waals surface area contributed by atoms with Crippen LogP contribution >= 0.6 is 0 Å². The van der Waals surface area contributed by atoms with Gasteiger partial charge in [0.2, 0.25) is 5.76 Å². The average Bonchev–Trinajstić information content (AvgIpc) is 3.24. The standard InChI is InChI=1S/C21H23N5O2/c27-21(24-14-17-5-1-3-9-22-17)20-13-19(25-28-20)16-7-11-26(12-8-16)15-18-6-2-4-10-23-18/h1-6,9-10,13,16H,7-8,11-12,14-15H2,(H,24,27). The van der Waals surface area contributed by atoms with E-state index < -0.39 is 0 Å². The largest absolute Gasteiger partial charge is 0.351 e. The molecule has 0 aliphatic carbocycles. The van der Waals surface area contributed by atoms with Crippen molar-refractivity contribution in [3.8, 4) is 0 Å². The molecule has 0 aromatic carbocycles. The van der Waals surface area contributed by atoms with Crippen LogP contribution in [0.1, 0.15) is 46.4 Å². The molecule has 1 N–H and O–H groups in total. The molecule has 1 saturated heterocycles. The van der Waals surface area contributed by atoms with Gasteiger partial charge < -0.3 is 9.84 Å². The van der Waals surface area contributed by atoms with Crippen LogP contribution in [0.5, 0.6) is 0 Å². The fraction of sp³-hybridized carbons (Fsp3) is 0.333. The van der Waals surface area contributed by atoms with Crippen molar-refractivity contribution in [2.24, 2.45) is 0 Å². The first-order chi connectivity index (χ1) is 13.8. The highest BCUT2D eigenvalue weighted by molar-refractivity contribution is 5.91. The van der Waals surface area contributed by atoms with E-state index in [0.717, 1.165) is 49.6 Å². The lowest BCUT2D eigenvalue weighted by Crippen LogP contribution is -2.32. The highest BCUT2D eigenvalue weighted by Crippen LogP contribution is 2.28. The van der Waals surface area contributed by atoms with Crippen LogP contribution in [0.2, 0.25) is 0 Å². The Bertz CT molecular complexity index is 889. The van der Waals surface area contributed by atoms with Crippen LogP contribution in [0.15, 0.2) is 59.4 Å². The predicted octanol–water partition coefficient (Wildman–Crippen LogP) is 2.77. The molecule has 3 aromatic rings. The normalized spacial score (nSPS) is 15.4. The van der Waals surface area contributed by atoms with E-state index >= 15 is 0 Å². The van der Waals surface area contributed by atoms with Gasteiger partial charge in [-0.15, -0.1) is 0 Å². The summed E-state index contributed by atoms with van der Waals surface area (Å²) in [5.41, 5.74) is 2.76. The van der Waals surface area contributed by atoms with Crippen LogP contribution < -0.4 is 5.32 Å².